The van der Waals surface area contributed by atoms with Gasteiger partial charge in [0.1, 0.15) is 11.4 Å². The molecular weight excluding hydrogens is 428 g/mol. The molecule has 11 nitrogen and oxygen atoms in total. The summed E-state index contributed by atoms with van der Waals surface area (Å²) in [5.41, 5.74) is -0.0966. The first kappa shape index (κ1) is 19.5. The Hall–Kier alpha value is -3.47. The number of anilines is 1. The largest absolute Gasteiger partial charge is 0.486 e. The molecule has 2 aromatic heterocycles. The number of hydrogen-bond acceptors (Lipinski definition) is 9. The Kier molecular flexibility index (Phi) is 4.62. The molecule has 0 amide bonds. The maximum atomic E-state index is 12.7. The van der Waals surface area contributed by atoms with Crippen LogP contribution in [-0.4, -0.2) is 60.9 Å². The van der Waals surface area contributed by atoms with Crippen LogP contribution in [0.5, 0.6) is 5.75 Å². The smallest absolute Gasteiger partial charge is 0.327 e. The number of aliphatic carboxylic acids is 1. The van der Waals surface area contributed by atoms with Gasteiger partial charge in [0.25, 0.3) is 0 Å². The number of tetrazole rings is 1. The first-order valence-corrected chi connectivity index (χ1v) is 10.0. The van der Waals surface area contributed by atoms with Crippen molar-refractivity contribution in [1.82, 2.24) is 25.4 Å². The van der Waals surface area contributed by atoms with Crippen molar-refractivity contribution in [3.8, 4) is 17.3 Å². The number of hydrogen-bond donors (Lipinski definition) is 1. The van der Waals surface area contributed by atoms with E-state index in [1.165, 1.54) is 0 Å². The van der Waals surface area contributed by atoms with E-state index in [1.54, 1.807) is 24.3 Å². The van der Waals surface area contributed by atoms with E-state index >= 15 is 0 Å². The fourth-order valence-electron chi connectivity index (χ4n) is 3.98. The molecule has 1 N–H and O–H groups in total. The summed E-state index contributed by atoms with van der Waals surface area (Å²) in [6.07, 6.45) is 1.57. The Morgan fingerprint density at radius 1 is 1.29 bits per heavy atom. The third kappa shape index (κ3) is 3.61. The Balaban J connectivity index is 1.28. The summed E-state index contributed by atoms with van der Waals surface area (Å²) in [6.45, 7) is 0.845. The number of carbonyl (C=O) groups is 2. The van der Waals surface area contributed by atoms with Gasteiger partial charge >= 0.3 is 5.97 Å². The average Bonchev–Trinajstić information content (AvgIpc) is 3.37. The minimum Gasteiger partial charge on any atom is -0.486 e. The van der Waals surface area contributed by atoms with E-state index in [0.29, 0.717) is 53.8 Å². The molecule has 0 unspecified atom stereocenters. The molecule has 5 rings (SSSR count). The average molecular weight is 445 g/mol. The molecule has 3 aromatic rings. The number of fused-ring (bicyclic) bond motifs is 1. The predicted octanol–water partition coefficient (Wildman–Crippen LogP) is 2.07. The molecule has 1 fully saturated rings. The van der Waals surface area contributed by atoms with Crippen LogP contribution in [0.2, 0.25) is 5.02 Å². The van der Waals surface area contributed by atoms with Gasteiger partial charge in [0.15, 0.2) is 18.1 Å². The standard InChI is InChI=1S/C19H17ClN6O5/c20-11-2-1-3-13-17(11)12(27)9-19(30-13)4-6-25(7-5-19)15-8-14(31-23-15)18-21-24-26(22-18)10-16(28)29/h1-3,8H,4-7,9-10H2,(H,28,29). The van der Waals surface area contributed by atoms with Crippen LogP contribution in [0.4, 0.5) is 5.82 Å². The number of halogens is 1. The number of carboxylic acids is 1. The highest BCUT2D eigenvalue weighted by atomic mass is 35.5. The lowest BCUT2D eigenvalue weighted by molar-refractivity contribution is -0.138. The van der Waals surface area contributed by atoms with Gasteiger partial charge in [0, 0.05) is 32.0 Å². The lowest BCUT2D eigenvalue weighted by Crippen LogP contribution is -2.51. The number of nitrogens with zero attached hydrogens (tertiary/aromatic N) is 6. The fourth-order valence-corrected chi connectivity index (χ4v) is 4.25. The van der Waals surface area contributed by atoms with E-state index in [4.69, 9.17) is 26.0 Å². The zero-order chi connectivity index (χ0) is 21.6. The van der Waals surface area contributed by atoms with Gasteiger partial charge < -0.3 is 19.3 Å². The Bertz CT molecular complexity index is 1170. The number of carboxylic acid groups (broad SMARTS) is 1. The number of Topliss-reactive ketones (excluding diaryl/α,β-unsaturated/α-hetero) is 1. The SMILES string of the molecule is O=C(O)Cn1nnc(-c2cc(N3CCC4(CC3)CC(=O)c3c(Cl)cccc3O4)no2)n1. The Morgan fingerprint density at radius 2 is 2.10 bits per heavy atom. The van der Waals surface area contributed by atoms with E-state index in [1.807, 2.05) is 4.90 Å². The highest BCUT2D eigenvalue weighted by Gasteiger charge is 2.44. The van der Waals surface area contributed by atoms with Gasteiger partial charge in [0.05, 0.1) is 17.0 Å². The van der Waals surface area contributed by atoms with Crippen molar-refractivity contribution < 1.29 is 24.0 Å². The summed E-state index contributed by atoms with van der Waals surface area (Å²) in [6, 6.07) is 6.93. The van der Waals surface area contributed by atoms with Crippen LogP contribution in [0.1, 0.15) is 29.6 Å². The van der Waals surface area contributed by atoms with E-state index in [0.717, 1.165) is 4.80 Å². The Labute approximate surface area is 180 Å². The summed E-state index contributed by atoms with van der Waals surface area (Å²) < 4.78 is 11.6. The van der Waals surface area contributed by atoms with Crippen molar-refractivity contribution >= 4 is 29.2 Å². The van der Waals surface area contributed by atoms with Gasteiger partial charge in [-0.25, -0.2) is 0 Å². The van der Waals surface area contributed by atoms with Gasteiger partial charge in [-0.1, -0.05) is 22.8 Å². The van der Waals surface area contributed by atoms with Crippen molar-refractivity contribution in [3.63, 3.8) is 0 Å². The molecule has 0 aliphatic carbocycles. The van der Waals surface area contributed by atoms with E-state index in [2.05, 4.69) is 20.6 Å². The molecule has 12 heteroatoms. The summed E-state index contributed by atoms with van der Waals surface area (Å²) in [7, 11) is 0. The van der Waals surface area contributed by atoms with Gasteiger partial charge in [-0.15, -0.1) is 10.2 Å². The normalized spacial score (nSPS) is 17.5. The van der Waals surface area contributed by atoms with Crippen LogP contribution in [0, 0.1) is 0 Å². The second-order valence-electron chi connectivity index (χ2n) is 7.57. The maximum absolute atomic E-state index is 12.7. The van der Waals surface area contributed by atoms with Gasteiger partial charge in [-0.3, -0.25) is 9.59 Å². The number of ketones is 1. The zero-order valence-electron chi connectivity index (χ0n) is 16.2. The van der Waals surface area contributed by atoms with Crippen LogP contribution < -0.4 is 9.64 Å². The number of aromatic nitrogens is 5. The molecule has 0 radical (unpaired) electrons. The monoisotopic (exact) mass is 444 g/mol. The number of ether oxygens (including phenoxy) is 1. The van der Waals surface area contributed by atoms with Crippen molar-refractivity contribution in [2.75, 3.05) is 18.0 Å². The van der Waals surface area contributed by atoms with Crippen molar-refractivity contribution in [2.24, 2.45) is 0 Å². The van der Waals surface area contributed by atoms with Crippen LogP contribution in [0.25, 0.3) is 11.6 Å². The third-order valence-corrected chi connectivity index (χ3v) is 5.82. The fraction of sp³-hybridized carbons (Fsp3) is 0.368. The van der Waals surface area contributed by atoms with Crippen LogP contribution >= 0.6 is 11.6 Å². The van der Waals surface area contributed by atoms with Crippen LogP contribution in [-0.2, 0) is 11.3 Å². The Morgan fingerprint density at radius 3 is 2.87 bits per heavy atom. The first-order chi connectivity index (χ1) is 14.9. The predicted molar refractivity (Wildman–Crippen MR) is 106 cm³/mol. The summed E-state index contributed by atoms with van der Waals surface area (Å²) >= 11 is 6.17. The van der Waals surface area contributed by atoms with Gasteiger partial charge in [-0.05, 0) is 17.3 Å². The summed E-state index contributed by atoms with van der Waals surface area (Å²) in [4.78, 5) is 26.4. The van der Waals surface area contributed by atoms with Crippen LogP contribution in [0.15, 0.2) is 28.8 Å². The summed E-state index contributed by atoms with van der Waals surface area (Å²) in [5.74, 6) is 0.515. The quantitative estimate of drug-likeness (QED) is 0.636. The van der Waals surface area contributed by atoms with Crippen molar-refractivity contribution in [3.05, 3.63) is 34.9 Å². The second-order valence-corrected chi connectivity index (χ2v) is 7.98. The molecule has 31 heavy (non-hydrogen) atoms. The number of benzene rings is 1. The van der Waals surface area contributed by atoms with Gasteiger partial charge in [0.2, 0.25) is 11.6 Å². The van der Waals surface area contributed by atoms with E-state index < -0.39 is 18.1 Å². The van der Waals surface area contributed by atoms with Crippen molar-refractivity contribution in [2.45, 2.75) is 31.4 Å². The molecule has 0 saturated carbocycles. The highest BCUT2D eigenvalue weighted by molar-refractivity contribution is 6.34. The first-order valence-electron chi connectivity index (χ1n) is 9.65. The molecule has 2 aliphatic heterocycles. The van der Waals surface area contributed by atoms with Gasteiger partial charge in [-0.2, -0.15) is 4.80 Å². The molecule has 160 valence electrons. The highest BCUT2D eigenvalue weighted by Crippen LogP contribution is 2.42. The minimum atomic E-state index is -1.07. The number of piperidine rings is 1. The van der Waals surface area contributed by atoms with E-state index in [-0.39, 0.29) is 18.0 Å². The molecule has 1 saturated heterocycles. The molecule has 2 aliphatic rings. The minimum absolute atomic E-state index is 0.000422. The molecule has 4 heterocycles. The number of rotatable bonds is 4. The zero-order valence-corrected chi connectivity index (χ0v) is 16.9. The molecule has 0 bridgehead atoms. The molecule has 1 aromatic carbocycles. The molecular formula is C19H17ClN6O5. The lowest BCUT2D eigenvalue weighted by Gasteiger charge is -2.44. The molecule has 1 spiro atoms. The number of carbonyl (C=O) groups excluding carboxylic acids is 1. The lowest BCUT2D eigenvalue weighted by atomic mass is 9.82. The second kappa shape index (κ2) is 7.34. The topological polar surface area (TPSA) is 136 Å². The summed E-state index contributed by atoms with van der Waals surface area (Å²) in [5, 5.41) is 24.7. The third-order valence-electron chi connectivity index (χ3n) is 5.51. The molecule has 0 atom stereocenters. The van der Waals surface area contributed by atoms with Crippen molar-refractivity contribution in [1.29, 1.82) is 0 Å². The van der Waals surface area contributed by atoms with Crippen LogP contribution in [0.3, 0.4) is 0 Å². The van der Waals surface area contributed by atoms with E-state index in [9.17, 15) is 9.59 Å². The maximum Gasteiger partial charge on any atom is 0.327 e.